The zero-order chi connectivity index (χ0) is 21.1. The van der Waals surface area contributed by atoms with E-state index < -0.39 is 0 Å². The van der Waals surface area contributed by atoms with Gasteiger partial charge in [0.1, 0.15) is 16.7 Å². The van der Waals surface area contributed by atoms with E-state index in [1.807, 2.05) is 12.1 Å². The van der Waals surface area contributed by atoms with Crippen LogP contribution < -0.4 is 4.74 Å². The van der Waals surface area contributed by atoms with Crippen LogP contribution in [0.4, 0.5) is 0 Å². The zero-order valence-electron chi connectivity index (χ0n) is 15.7. The lowest BCUT2D eigenvalue weighted by atomic mass is 10.2. The fraction of sp³-hybridized carbons (Fsp3) is 0.238. The van der Waals surface area contributed by atoms with Crippen molar-refractivity contribution in [2.75, 3.05) is 6.54 Å². The molecule has 0 radical (unpaired) electrons. The molecule has 1 aliphatic rings. The van der Waals surface area contributed by atoms with E-state index in [2.05, 4.69) is 13.8 Å². The second kappa shape index (κ2) is 9.71. The summed E-state index contributed by atoms with van der Waals surface area (Å²) >= 11 is 25.1. The van der Waals surface area contributed by atoms with Gasteiger partial charge in [-0.1, -0.05) is 84.8 Å². The molecule has 1 aliphatic heterocycles. The molecule has 1 fully saturated rings. The summed E-state index contributed by atoms with van der Waals surface area (Å²) in [7, 11) is 0. The van der Waals surface area contributed by atoms with Crippen LogP contribution in [0.5, 0.6) is 5.75 Å². The number of rotatable bonds is 6. The molecular formula is C21H18Cl3NO2S2. The highest BCUT2D eigenvalue weighted by Crippen LogP contribution is 2.34. The van der Waals surface area contributed by atoms with Gasteiger partial charge in [0.05, 0.1) is 9.93 Å². The molecule has 2 aromatic carbocycles. The number of thiocarbonyl (C=S) groups is 1. The average Bonchev–Trinajstić information content (AvgIpc) is 2.89. The third-order valence-electron chi connectivity index (χ3n) is 4.07. The van der Waals surface area contributed by atoms with Gasteiger partial charge in [0.25, 0.3) is 5.91 Å². The van der Waals surface area contributed by atoms with E-state index in [0.29, 0.717) is 42.5 Å². The van der Waals surface area contributed by atoms with Crippen LogP contribution in [-0.2, 0) is 11.4 Å². The summed E-state index contributed by atoms with van der Waals surface area (Å²) in [5, 5.41) is 1.55. The molecule has 0 atom stereocenters. The van der Waals surface area contributed by atoms with E-state index in [4.69, 9.17) is 51.8 Å². The predicted molar refractivity (Wildman–Crippen MR) is 127 cm³/mol. The van der Waals surface area contributed by atoms with Gasteiger partial charge in [-0.25, -0.2) is 0 Å². The maximum absolute atomic E-state index is 12.6. The SMILES string of the molecule is CC(C)CN1C(=O)/C(=C/c2ccc(OCc3ccc(Cl)cc3Cl)c(Cl)c2)SC1=S. The van der Waals surface area contributed by atoms with Crippen molar-refractivity contribution in [2.24, 2.45) is 5.92 Å². The maximum Gasteiger partial charge on any atom is 0.266 e. The van der Waals surface area contributed by atoms with Crippen molar-refractivity contribution in [3.8, 4) is 5.75 Å². The molecule has 29 heavy (non-hydrogen) atoms. The number of benzene rings is 2. The number of nitrogens with zero attached hydrogens (tertiary/aromatic N) is 1. The lowest BCUT2D eigenvalue weighted by Gasteiger charge is -2.16. The highest BCUT2D eigenvalue weighted by atomic mass is 35.5. The first kappa shape index (κ1) is 22.4. The normalized spacial score (nSPS) is 15.7. The maximum atomic E-state index is 12.6. The number of hydrogen-bond acceptors (Lipinski definition) is 4. The number of amides is 1. The van der Waals surface area contributed by atoms with E-state index in [1.54, 1.807) is 35.2 Å². The van der Waals surface area contributed by atoms with E-state index in [-0.39, 0.29) is 12.5 Å². The molecule has 1 saturated heterocycles. The minimum absolute atomic E-state index is 0.0671. The van der Waals surface area contributed by atoms with E-state index >= 15 is 0 Å². The fourth-order valence-corrected chi connectivity index (χ4v) is 4.67. The van der Waals surface area contributed by atoms with Crippen LogP contribution in [0.15, 0.2) is 41.3 Å². The van der Waals surface area contributed by atoms with Crippen LogP contribution >= 0.6 is 58.8 Å². The molecule has 0 spiro atoms. The Morgan fingerprint density at radius 2 is 1.90 bits per heavy atom. The van der Waals surface area contributed by atoms with E-state index in [9.17, 15) is 4.79 Å². The largest absolute Gasteiger partial charge is 0.487 e. The van der Waals surface area contributed by atoms with Crippen LogP contribution in [0.2, 0.25) is 15.1 Å². The quantitative estimate of drug-likeness (QED) is 0.322. The lowest BCUT2D eigenvalue weighted by Crippen LogP contribution is -2.31. The second-order valence-corrected chi connectivity index (χ2v) is 9.83. The van der Waals surface area contributed by atoms with E-state index in [0.717, 1.165) is 11.1 Å². The minimum Gasteiger partial charge on any atom is -0.487 e. The molecule has 3 nitrogen and oxygen atoms in total. The Morgan fingerprint density at radius 3 is 2.55 bits per heavy atom. The zero-order valence-corrected chi connectivity index (χ0v) is 19.6. The summed E-state index contributed by atoms with van der Waals surface area (Å²) in [6.45, 7) is 4.99. The van der Waals surface area contributed by atoms with Crippen LogP contribution in [-0.4, -0.2) is 21.7 Å². The van der Waals surface area contributed by atoms with Gasteiger partial charge in [-0.05, 0) is 41.8 Å². The van der Waals surface area contributed by atoms with Gasteiger partial charge >= 0.3 is 0 Å². The van der Waals surface area contributed by atoms with Gasteiger partial charge in [-0.3, -0.25) is 9.69 Å². The summed E-state index contributed by atoms with van der Waals surface area (Å²) < 4.78 is 6.37. The van der Waals surface area contributed by atoms with Crippen molar-refractivity contribution in [2.45, 2.75) is 20.5 Å². The van der Waals surface area contributed by atoms with Crippen LogP contribution in [0.3, 0.4) is 0 Å². The predicted octanol–water partition coefficient (Wildman–Crippen LogP) is 7.08. The van der Waals surface area contributed by atoms with Gasteiger partial charge in [-0.2, -0.15) is 0 Å². The number of halogens is 3. The number of ether oxygens (including phenoxy) is 1. The summed E-state index contributed by atoms with van der Waals surface area (Å²) in [5.74, 6) is 0.807. The molecule has 0 unspecified atom stereocenters. The van der Waals surface area contributed by atoms with Crippen molar-refractivity contribution in [3.63, 3.8) is 0 Å². The molecule has 0 saturated carbocycles. The van der Waals surface area contributed by atoms with Crippen LogP contribution in [0.25, 0.3) is 6.08 Å². The Labute approximate surface area is 195 Å². The summed E-state index contributed by atoms with van der Waals surface area (Å²) in [5.41, 5.74) is 1.61. The second-order valence-electron chi connectivity index (χ2n) is 6.90. The summed E-state index contributed by atoms with van der Waals surface area (Å²) in [6, 6.07) is 10.6. The monoisotopic (exact) mass is 485 g/mol. The first-order valence-corrected chi connectivity index (χ1v) is 11.2. The highest BCUT2D eigenvalue weighted by Gasteiger charge is 2.32. The molecule has 0 aliphatic carbocycles. The van der Waals surface area contributed by atoms with Crippen LogP contribution in [0.1, 0.15) is 25.0 Å². The number of carbonyl (C=O) groups excluding carboxylic acids is 1. The van der Waals surface area contributed by atoms with Gasteiger partial charge in [0, 0.05) is 22.2 Å². The molecular weight excluding hydrogens is 469 g/mol. The summed E-state index contributed by atoms with van der Waals surface area (Å²) in [6.07, 6.45) is 1.80. The molecule has 8 heteroatoms. The Bertz CT molecular complexity index is 992. The van der Waals surface area contributed by atoms with Gasteiger partial charge in [0.2, 0.25) is 0 Å². The fourth-order valence-electron chi connectivity index (χ4n) is 2.69. The molecule has 152 valence electrons. The van der Waals surface area contributed by atoms with Gasteiger partial charge in [0.15, 0.2) is 0 Å². The third kappa shape index (κ3) is 5.68. The number of carbonyl (C=O) groups is 1. The van der Waals surface area contributed by atoms with Crippen molar-refractivity contribution < 1.29 is 9.53 Å². The van der Waals surface area contributed by atoms with E-state index in [1.165, 1.54) is 11.8 Å². The number of thioether (sulfide) groups is 1. The topological polar surface area (TPSA) is 29.5 Å². The first-order valence-electron chi connectivity index (χ1n) is 8.86. The minimum atomic E-state index is -0.0671. The van der Waals surface area contributed by atoms with Gasteiger partial charge < -0.3 is 4.74 Å². The van der Waals surface area contributed by atoms with Crippen molar-refractivity contribution in [3.05, 3.63) is 67.5 Å². The standard InChI is InChI=1S/C21H18Cl3NO2S2/c1-12(2)10-25-20(26)19(29-21(25)28)8-13-3-6-18(17(24)7-13)27-11-14-4-5-15(22)9-16(14)23/h3-9,12H,10-11H2,1-2H3/b19-8-. The molecule has 1 heterocycles. The molecule has 0 bridgehead atoms. The Hall–Kier alpha value is -1.24. The average molecular weight is 487 g/mol. The Kier molecular flexibility index (Phi) is 7.52. The summed E-state index contributed by atoms with van der Waals surface area (Å²) in [4.78, 5) is 14.8. The van der Waals surface area contributed by atoms with Crippen molar-refractivity contribution in [1.29, 1.82) is 0 Å². The van der Waals surface area contributed by atoms with Crippen molar-refractivity contribution >= 4 is 75.1 Å². The van der Waals surface area contributed by atoms with Crippen LogP contribution in [0, 0.1) is 5.92 Å². The van der Waals surface area contributed by atoms with Crippen molar-refractivity contribution in [1.82, 2.24) is 4.90 Å². The molecule has 0 aromatic heterocycles. The highest BCUT2D eigenvalue weighted by molar-refractivity contribution is 8.26. The Morgan fingerprint density at radius 1 is 1.14 bits per heavy atom. The Balaban J connectivity index is 1.72. The smallest absolute Gasteiger partial charge is 0.266 e. The van der Waals surface area contributed by atoms with Gasteiger partial charge in [-0.15, -0.1) is 0 Å². The lowest BCUT2D eigenvalue weighted by molar-refractivity contribution is -0.122. The molecule has 3 rings (SSSR count). The third-order valence-corrected chi connectivity index (χ3v) is 6.33. The molecule has 1 amide bonds. The first-order chi connectivity index (χ1) is 13.7. The molecule has 0 N–H and O–H groups in total. The molecule has 2 aromatic rings. The number of hydrogen-bond donors (Lipinski definition) is 0.